The number of fused-ring (bicyclic) bond motifs is 1. The van der Waals surface area contributed by atoms with E-state index in [4.69, 9.17) is 9.26 Å². The Morgan fingerprint density at radius 3 is 2.43 bits per heavy atom. The van der Waals surface area contributed by atoms with Crippen LogP contribution in [0.2, 0.25) is 0 Å². The Hall–Kier alpha value is -0.480. The topological polar surface area (TPSA) is 35.3 Å². The van der Waals surface area contributed by atoms with E-state index >= 15 is 0 Å². The lowest BCUT2D eigenvalue weighted by atomic mass is 9.96. The minimum Gasteiger partial charge on any atom is -0.358 e. The summed E-state index contributed by atoms with van der Waals surface area (Å²) in [5, 5.41) is 4.02. The first-order valence-corrected chi connectivity index (χ1v) is 5.32. The van der Waals surface area contributed by atoms with Crippen molar-refractivity contribution in [1.82, 2.24) is 5.16 Å². The van der Waals surface area contributed by atoms with Crippen LogP contribution in [0.3, 0.4) is 0 Å². The maximum atomic E-state index is 5.92. The van der Waals surface area contributed by atoms with E-state index in [1.54, 1.807) is 0 Å². The Morgan fingerprint density at radius 2 is 1.86 bits per heavy atom. The summed E-state index contributed by atoms with van der Waals surface area (Å²) in [5.74, 6) is 1.42. The van der Waals surface area contributed by atoms with Gasteiger partial charge in [-0.3, -0.25) is 0 Å². The summed E-state index contributed by atoms with van der Waals surface area (Å²) in [6.07, 6.45) is 0. The summed E-state index contributed by atoms with van der Waals surface area (Å²) in [6, 6.07) is 0. The minimum absolute atomic E-state index is 0.323. The third-order valence-corrected chi connectivity index (χ3v) is 2.87. The van der Waals surface area contributed by atoms with E-state index in [9.17, 15) is 0 Å². The van der Waals surface area contributed by atoms with Gasteiger partial charge in [0.15, 0.2) is 5.76 Å². The normalized spacial score (nSPS) is 22.4. The summed E-state index contributed by atoms with van der Waals surface area (Å²) >= 11 is 4.23. The fraction of sp³-hybridized carbons (Fsp3) is 0.700. The van der Waals surface area contributed by atoms with Crippen LogP contribution in [0.1, 0.15) is 44.7 Å². The van der Waals surface area contributed by atoms with Crippen LogP contribution >= 0.6 is 12.6 Å². The number of hydrogen-bond acceptors (Lipinski definition) is 4. The van der Waals surface area contributed by atoms with E-state index in [0.29, 0.717) is 5.75 Å². The first kappa shape index (κ1) is 10.1. The highest BCUT2D eigenvalue weighted by atomic mass is 32.1. The van der Waals surface area contributed by atoms with E-state index in [2.05, 4.69) is 17.8 Å². The molecule has 0 amide bonds. The van der Waals surface area contributed by atoms with E-state index in [-0.39, 0.29) is 11.2 Å². The van der Waals surface area contributed by atoms with Crippen molar-refractivity contribution in [3.05, 3.63) is 17.0 Å². The second kappa shape index (κ2) is 2.76. The Labute approximate surface area is 89.2 Å². The van der Waals surface area contributed by atoms with Crippen LogP contribution in [-0.4, -0.2) is 5.16 Å². The van der Waals surface area contributed by atoms with Gasteiger partial charge in [0.1, 0.15) is 5.60 Å². The molecule has 2 heterocycles. The van der Waals surface area contributed by atoms with Gasteiger partial charge in [0, 0.05) is 5.75 Å². The summed E-state index contributed by atoms with van der Waals surface area (Å²) in [4.78, 5) is 0. The molecule has 4 heteroatoms. The molecule has 14 heavy (non-hydrogen) atoms. The fourth-order valence-electron chi connectivity index (χ4n) is 2.20. The zero-order valence-corrected chi connectivity index (χ0v) is 9.81. The molecule has 78 valence electrons. The number of thiol groups is 1. The summed E-state index contributed by atoms with van der Waals surface area (Å²) in [7, 11) is 0. The molecule has 0 aromatic carbocycles. The van der Waals surface area contributed by atoms with E-state index in [0.717, 1.165) is 17.0 Å². The molecule has 1 aliphatic rings. The quantitative estimate of drug-likeness (QED) is 0.728. The number of nitrogens with zero attached hydrogens (tertiary/aromatic N) is 1. The molecule has 0 saturated carbocycles. The zero-order chi connectivity index (χ0) is 10.6. The molecule has 2 rings (SSSR count). The van der Waals surface area contributed by atoms with Gasteiger partial charge < -0.3 is 9.26 Å². The van der Waals surface area contributed by atoms with Crippen LogP contribution in [0.25, 0.3) is 0 Å². The van der Waals surface area contributed by atoms with E-state index < -0.39 is 0 Å². The standard InChI is InChI=1S/C10H15NO2S/c1-9(2)7-6(5-14)11-12-8(7)10(3,4)13-9/h14H,5H2,1-4H3. The number of rotatable bonds is 1. The molecule has 0 spiro atoms. The summed E-state index contributed by atoms with van der Waals surface area (Å²) in [5.41, 5.74) is 1.25. The monoisotopic (exact) mass is 213 g/mol. The highest BCUT2D eigenvalue weighted by Crippen LogP contribution is 2.48. The second-order valence-electron chi connectivity index (χ2n) is 4.61. The van der Waals surface area contributed by atoms with Gasteiger partial charge in [-0.15, -0.1) is 0 Å². The van der Waals surface area contributed by atoms with Gasteiger partial charge in [-0.2, -0.15) is 12.6 Å². The van der Waals surface area contributed by atoms with Gasteiger partial charge in [0.2, 0.25) is 0 Å². The SMILES string of the molecule is CC1(C)OC(C)(C)c2c(CS)noc21. The van der Waals surface area contributed by atoms with Gasteiger partial charge in [-0.1, -0.05) is 5.16 Å². The van der Waals surface area contributed by atoms with Crippen LogP contribution in [0.15, 0.2) is 4.52 Å². The number of hydrogen-bond donors (Lipinski definition) is 1. The maximum absolute atomic E-state index is 5.92. The molecular formula is C10H15NO2S. The first-order valence-electron chi connectivity index (χ1n) is 4.69. The molecule has 0 fully saturated rings. The second-order valence-corrected chi connectivity index (χ2v) is 4.93. The van der Waals surface area contributed by atoms with Crippen molar-refractivity contribution in [1.29, 1.82) is 0 Å². The van der Waals surface area contributed by atoms with Crippen molar-refractivity contribution < 1.29 is 9.26 Å². The lowest BCUT2D eigenvalue weighted by Crippen LogP contribution is -2.23. The van der Waals surface area contributed by atoms with Gasteiger partial charge in [-0.05, 0) is 27.7 Å². The smallest absolute Gasteiger partial charge is 0.174 e. The minimum atomic E-state index is -0.382. The van der Waals surface area contributed by atoms with Crippen LogP contribution < -0.4 is 0 Å². The molecule has 0 saturated heterocycles. The van der Waals surface area contributed by atoms with Gasteiger partial charge in [0.25, 0.3) is 0 Å². The molecule has 0 radical (unpaired) electrons. The molecule has 1 aromatic rings. The fourth-order valence-corrected chi connectivity index (χ4v) is 2.41. The van der Waals surface area contributed by atoms with Gasteiger partial charge in [-0.25, -0.2) is 0 Å². The third kappa shape index (κ3) is 1.21. The van der Waals surface area contributed by atoms with Crippen molar-refractivity contribution in [2.24, 2.45) is 0 Å². The van der Waals surface area contributed by atoms with Crippen molar-refractivity contribution in [3.63, 3.8) is 0 Å². The number of aromatic nitrogens is 1. The van der Waals surface area contributed by atoms with Crippen molar-refractivity contribution in [3.8, 4) is 0 Å². The average molecular weight is 213 g/mol. The van der Waals surface area contributed by atoms with E-state index in [1.807, 2.05) is 27.7 Å². The zero-order valence-electron chi connectivity index (χ0n) is 8.92. The molecule has 0 N–H and O–H groups in total. The highest BCUT2D eigenvalue weighted by Gasteiger charge is 2.48. The molecule has 0 aliphatic carbocycles. The number of ether oxygens (including phenoxy) is 1. The largest absolute Gasteiger partial charge is 0.358 e. The molecule has 0 unspecified atom stereocenters. The van der Waals surface area contributed by atoms with Crippen molar-refractivity contribution in [2.45, 2.75) is 44.6 Å². The van der Waals surface area contributed by atoms with Crippen molar-refractivity contribution >= 4 is 12.6 Å². The first-order chi connectivity index (χ1) is 6.38. The molecule has 0 atom stereocenters. The van der Waals surface area contributed by atoms with Gasteiger partial charge >= 0.3 is 0 Å². The van der Waals surface area contributed by atoms with E-state index in [1.165, 1.54) is 0 Å². The summed E-state index contributed by atoms with van der Waals surface area (Å²) < 4.78 is 11.2. The predicted octanol–water partition coefficient (Wildman–Crippen LogP) is 2.60. The molecule has 0 bridgehead atoms. The van der Waals surface area contributed by atoms with Crippen molar-refractivity contribution in [2.75, 3.05) is 0 Å². The Morgan fingerprint density at radius 1 is 1.21 bits per heavy atom. The van der Waals surface area contributed by atoms with Crippen LogP contribution in [0.5, 0.6) is 0 Å². The highest BCUT2D eigenvalue weighted by molar-refractivity contribution is 7.79. The van der Waals surface area contributed by atoms with Crippen LogP contribution in [0.4, 0.5) is 0 Å². The Balaban J connectivity index is 2.62. The van der Waals surface area contributed by atoms with Gasteiger partial charge in [0.05, 0.1) is 16.9 Å². The van der Waals surface area contributed by atoms with Crippen LogP contribution in [0, 0.1) is 0 Å². The van der Waals surface area contributed by atoms with Crippen LogP contribution in [-0.2, 0) is 21.7 Å². The molecule has 1 aliphatic heterocycles. The lowest BCUT2D eigenvalue weighted by Gasteiger charge is -2.24. The molecular weight excluding hydrogens is 198 g/mol. The molecule has 3 nitrogen and oxygen atoms in total. The maximum Gasteiger partial charge on any atom is 0.174 e. The third-order valence-electron chi connectivity index (χ3n) is 2.57. The Kier molecular flexibility index (Phi) is 1.98. The Bertz CT molecular complexity index is 368. The average Bonchev–Trinajstić information content (AvgIpc) is 2.51. The molecule has 1 aromatic heterocycles. The predicted molar refractivity (Wildman–Crippen MR) is 56.3 cm³/mol. The lowest BCUT2D eigenvalue weighted by molar-refractivity contribution is -0.114. The summed E-state index contributed by atoms with van der Waals surface area (Å²) in [6.45, 7) is 8.05.